The number of allylic oxidation sites excluding steroid dienone is 2. The lowest BCUT2D eigenvalue weighted by molar-refractivity contribution is -0.154. The van der Waals surface area contributed by atoms with Crippen LogP contribution in [0.1, 0.15) is 284 Å². The summed E-state index contributed by atoms with van der Waals surface area (Å²) in [5, 5.41) is 9.64. The van der Waals surface area contributed by atoms with Gasteiger partial charge in [0, 0.05) is 13.0 Å². The molecule has 0 aromatic rings. The van der Waals surface area contributed by atoms with Gasteiger partial charge in [-0.2, -0.15) is 0 Å². The third kappa shape index (κ3) is 47.4. The average molecular weight is 777 g/mol. The first-order valence-electron chi connectivity index (χ1n) is 25.3. The zero-order valence-corrected chi connectivity index (χ0v) is 37.7. The lowest BCUT2D eigenvalue weighted by Crippen LogP contribution is -2.27. The van der Waals surface area contributed by atoms with Crippen molar-refractivity contribution in [2.45, 2.75) is 290 Å². The molecule has 0 aliphatic carbocycles. The van der Waals surface area contributed by atoms with Gasteiger partial charge in [0.25, 0.3) is 0 Å². The molecule has 0 saturated heterocycles. The lowest BCUT2D eigenvalue weighted by Gasteiger charge is -2.16. The molecule has 1 unspecified atom stereocenters. The molecule has 0 bridgehead atoms. The minimum absolute atomic E-state index is 0.167. The molecule has 55 heavy (non-hydrogen) atoms. The van der Waals surface area contributed by atoms with E-state index >= 15 is 0 Å². The van der Waals surface area contributed by atoms with Crippen LogP contribution in [0.4, 0.5) is 0 Å². The molecular formula is C51H100O4. The summed E-state index contributed by atoms with van der Waals surface area (Å²) in [6, 6.07) is 0. The van der Waals surface area contributed by atoms with Crippen LogP contribution < -0.4 is 0 Å². The Hall–Kier alpha value is -0.870. The molecule has 0 amide bonds. The topological polar surface area (TPSA) is 55.8 Å². The minimum Gasteiger partial charge on any atom is -0.457 e. The summed E-state index contributed by atoms with van der Waals surface area (Å²) in [5.74, 6) is -0.199. The van der Waals surface area contributed by atoms with Gasteiger partial charge in [0.15, 0.2) is 0 Å². The van der Waals surface area contributed by atoms with Gasteiger partial charge in [-0.15, -0.1) is 0 Å². The van der Waals surface area contributed by atoms with Crippen LogP contribution in [0.15, 0.2) is 12.2 Å². The van der Waals surface area contributed by atoms with E-state index < -0.39 is 6.10 Å². The monoisotopic (exact) mass is 777 g/mol. The molecule has 0 aliphatic heterocycles. The minimum atomic E-state index is -0.531. The number of carbonyl (C=O) groups is 1. The van der Waals surface area contributed by atoms with Gasteiger partial charge in [-0.25, -0.2) is 0 Å². The maximum absolute atomic E-state index is 12.2. The molecule has 0 aliphatic rings. The Balaban J connectivity index is 3.33. The number of aliphatic hydroxyl groups excluding tert-OH is 1. The molecule has 1 atom stereocenters. The Bertz CT molecular complexity index is 736. The van der Waals surface area contributed by atoms with E-state index in [2.05, 4.69) is 26.0 Å². The molecule has 0 aromatic carbocycles. The zero-order chi connectivity index (χ0) is 39.8. The average Bonchev–Trinajstić information content (AvgIpc) is 3.19. The maximum atomic E-state index is 12.2. The highest BCUT2D eigenvalue weighted by atomic mass is 16.6. The van der Waals surface area contributed by atoms with E-state index in [0.29, 0.717) is 19.6 Å². The molecule has 4 heteroatoms. The van der Waals surface area contributed by atoms with Crippen LogP contribution in [0.25, 0.3) is 0 Å². The molecule has 0 radical (unpaired) electrons. The predicted octanol–water partition coefficient (Wildman–Crippen LogP) is 16.9. The smallest absolute Gasteiger partial charge is 0.306 e. The number of carbonyl (C=O) groups excluding carboxylic acids is 1. The van der Waals surface area contributed by atoms with Crippen LogP contribution in [-0.2, 0) is 14.3 Å². The number of hydrogen-bond donors (Lipinski definition) is 1. The van der Waals surface area contributed by atoms with Crippen molar-refractivity contribution in [2.24, 2.45) is 0 Å². The highest BCUT2D eigenvalue weighted by Gasteiger charge is 2.13. The maximum Gasteiger partial charge on any atom is 0.306 e. The first-order chi connectivity index (χ1) is 27.2. The standard InChI is InChI=1S/C51H100O4/c1-3-5-7-9-11-13-15-17-19-21-22-23-24-25-26-27-28-29-31-33-35-37-39-41-43-45-47-54-49-50(48-52)55-51(53)46-44-42-40-38-36-34-32-30-20-18-16-14-12-10-8-6-4-2/h18,20,50,52H,3-17,19,21-49H2,1-2H3/b20-18-. The third-order valence-corrected chi connectivity index (χ3v) is 11.6. The molecule has 0 heterocycles. The zero-order valence-electron chi connectivity index (χ0n) is 37.7. The van der Waals surface area contributed by atoms with Crippen LogP contribution in [0.2, 0.25) is 0 Å². The molecular weight excluding hydrogens is 677 g/mol. The number of hydrogen-bond acceptors (Lipinski definition) is 4. The number of esters is 1. The SMILES string of the molecule is CCCCCCCC/C=C\CCCCCCCCCC(=O)OC(CO)COCCCCCCCCCCCCCCCCCCCCCCCCCCCC. The summed E-state index contributed by atoms with van der Waals surface area (Å²) in [6.07, 6.45) is 60.2. The van der Waals surface area contributed by atoms with Crippen LogP contribution in [-0.4, -0.2) is 37.0 Å². The Morgan fingerprint density at radius 3 is 1.04 bits per heavy atom. The van der Waals surface area contributed by atoms with Crippen LogP contribution in [0.5, 0.6) is 0 Å². The van der Waals surface area contributed by atoms with Gasteiger partial charge < -0.3 is 14.6 Å². The summed E-state index contributed by atoms with van der Waals surface area (Å²) >= 11 is 0. The van der Waals surface area contributed by atoms with E-state index in [1.165, 1.54) is 244 Å². The molecule has 0 saturated carbocycles. The molecule has 0 aromatic heterocycles. The normalized spacial score (nSPS) is 12.3. The molecule has 4 nitrogen and oxygen atoms in total. The Morgan fingerprint density at radius 1 is 0.418 bits per heavy atom. The second-order valence-corrected chi connectivity index (χ2v) is 17.2. The summed E-state index contributed by atoms with van der Waals surface area (Å²) in [7, 11) is 0. The fourth-order valence-electron chi connectivity index (χ4n) is 7.80. The third-order valence-electron chi connectivity index (χ3n) is 11.6. The quantitative estimate of drug-likeness (QED) is 0.0380. The Labute approximate surface area is 345 Å². The predicted molar refractivity (Wildman–Crippen MR) is 242 cm³/mol. The van der Waals surface area contributed by atoms with Crippen molar-refractivity contribution in [1.29, 1.82) is 0 Å². The number of ether oxygens (including phenoxy) is 2. The van der Waals surface area contributed by atoms with Gasteiger partial charge in [-0.05, 0) is 38.5 Å². The van der Waals surface area contributed by atoms with Crippen molar-refractivity contribution in [3.05, 3.63) is 12.2 Å². The van der Waals surface area contributed by atoms with Crippen LogP contribution >= 0.6 is 0 Å². The first kappa shape index (κ1) is 54.1. The second kappa shape index (κ2) is 49.3. The molecule has 0 rings (SSSR count). The van der Waals surface area contributed by atoms with Gasteiger partial charge in [0.05, 0.1) is 13.2 Å². The van der Waals surface area contributed by atoms with Gasteiger partial charge in [-0.3, -0.25) is 4.79 Å². The van der Waals surface area contributed by atoms with Crippen molar-refractivity contribution in [1.82, 2.24) is 0 Å². The molecule has 0 fully saturated rings. The van der Waals surface area contributed by atoms with Crippen LogP contribution in [0, 0.1) is 0 Å². The summed E-state index contributed by atoms with van der Waals surface area (Å²) in [4.78, 5) is 12.2. The van der Waals surface area contributed by atoms with Gasteiger partial charge >= 0.3 is 5.97 Å². The summed E-state index contributed by atoms with van der Waals surface area (Å²) in [6.45, 7) is 5.39. The van der Waals surface area contributed by atoms with Gasteiger partial charge in [-0.1, -0.05) is 251 Å². The summed E-state index contributed by atoms with van der Waals surface area (Å²) < 4.78 is 11.2. The summed E-state index contributed by atoms with van der Waals surface area (Å²) in [5.41, 5.74) is 0. The highest BCUT2D eigenvalue weighted by Crippen LogP contribution is 2.17. The number of rotatable bonds is 48. The van der Waals surface area contributed by atoms with Crippen molar-refractivity contribution >= 4 is 5.97 Å². The van der Waals surface area contributed by atoms with Crippen molar-refractivity contribution in [3.8, 4) is 0 Å². The first-order valence-corrected chi connectivity index (χ1v) is 25.3. The van der Waals surface area contributed by atoms with E-state index in [4.69, 9.17) is 9.47 Å². The second-order valence-electron chi connectivity index (χ2n) is 17.2. The van der Waals surface area contributed by atoms with Gasteiger partial charge in [0.1, 0.15) is 6.10 Å². The fourth-order valence-corrected chi connectivity index (χ4v) is 7.80. The number of unbranched alkanes of at least 4 members (excludes halogenated alkanes) is 38. The van der Waals surface area contributed by atoms with E-state index in [0.717, 1.165) is 19.3 Å². The molecule has 1 N–H and O–H groups in total. The number of aliphatic hydroxyl groups is 1. The Kier molecular flexibility index (Phi) is 48.5. The van der Waals surface area contributed by atoms with Crippen molar-refractivity contribution in [3.63, 3.8) is 0 Å². The fraction of sp³-hybridized carbons (Fsp3) is 0.941. The van der Waals surface area contributed by atoms with E-state index in [1.807, 2.05) is 0 Å². The molecule has 0 spiro atoms. The van der Waals surface area contributed by atoms with Crippen LogP contribution in [0.3, 0.4) is 0 Å². The van der Waals surface area contributed by atoms with E-state index in [9.17, 15) is 9.90 Å². The largest absolute Gasteiger partial charge is 0.457 e. The lowest BCUT2D eigenvalue weighted by atomic mass is 10.0. The highest BCUT2D eigenvalue weighted by molar-refractivity contribution is 5.69. The van der Waals surface area contributed by atoms with Gasteiger partial charge in [0.2, 0.25) is 0 Å². The Morgan fingerprint density at radius 2 is 0.709 bits per heavy atom. The van der Waals surface area contributed by atoms with E-state index in [-0.39, 0.29) is 12.6 Å². The molecule has 328 valence electrons. The van der Waals surface area contributed by atoms with Crippen molar-refractivity contribution in [2.75, 3.05) is 19.8 Å². The van der Waals surface area contributed by atoms with E-state index in [1.54, 1.807) is 0 Å². The van der Waals surface area contributed by atoms with Crippen molar-refractivity contribution < 1.29 is 19.4 Å².